The highest BCUT2D eigenvalue weighted by Gasteiger charge is 2.15. The molecule has 3 rings (SSSR count). The smallest absolute Gasteiger partial charge is 0.267 e. The van der Waals surface area contributed by atoms with Crippen molar-refractivity contribution in [2.75, 3.05) is 0 Å². The first-order valence-corrected chi connectivity index (χ1v) is 9.21. The Bertz CT molecular complexity index is 1010. The highest BCUT2D eigenvalue weighted by molar-refractivity contribution is 5.90. The van der Waals surface area contributed by atoms with Gasteiger partial charge in [0.05, 0.1) is 6.04 Å². The third-order valence-corrected chi connectivity index (χ3v) is 4.48. The molecule has 1 unspecified atom stereocenters. The summed E-state index contributed by atoms with van der Waals surface area (Å²) in [5.41, 5.74) is 6.41. The van der Waals surface area contributed by atoms with Crippen LogP contribution in [0.4, 0.5) is 0 Å². The van der Waals surface area contributed by atoms with Gasteiger partial charge in [-0.05, 0) is 40.0 Å². The molecule has 29 heavy (non-hydrogen) atoms. The van der Waals surface area contributed by atoms with Gasteiger partial charge in [-0.25, -0.2) is 5.48 Å². The van der Waals surface area contributed by atoms with E-state index < -0.39 is 5.91 Å². The molecule has 0 aliphatic heterocycles. The molecule has 146 valence electrons. The first-order chi connectivity index (χ1) is 14.1. The Labute approximate surface area is 169 Å². The van der Waals surface area contributed by atoms with Crippen LogP contribution in [0.3, 0.4) is 0 Å². The topological polar surface area (TPSA) is 78.4 Å². The summed E-state index contributed by atoms with van der Waals surface area (Å²) in [6.07, 6.45) is 2.83. The largest absolute Gasteiger partial charge is 0.345 e. The second kappa shape index (κ2) is 9.48. The maximum absolute atomic E-state index is 11.8. The van der Waals surface area contributed by atoms with Gasteiger partial charge in [0, 0.05) is 13.0 Å². The summed E-state index contributed by atoms with van der Waals surface area (Å²) in [6, 6.07) is 25.4. The first kappa shape index (κ1) is 20.0. The lowest BCUT2D eigenvalue weighted by Gasteiger charge is -2.20. The van der Waals surface area contributed by atoms with Crippen LogP contribution in [-0.2, 0) is 9.59 Å². The van der Waals surface area contributed by atoms with Crippen molar-refractivity contribution in [3.05, 3.63) is 102 Å². The molecular formula is C24H22N2O3. The minimum absolute atomic E-state index is 0.136. The van der Waals surface area contributed by atoms with Gasteiger partial charge in [0.2, 0.25) is 5.91 Å². The van der Waals surface area contributed by atoms with Crippen molar-refractivity contribution in [3.63, 3.8) is 0 Å². The number of carbonyl (C=O) groups excluding carboxylic acids is 2. The van der Waals surface area contributed by atoms with Crippen LogP contribution in [0.1, 0.15) is 29.7 Å². The number of hydrogen-bond donors (Lipinski definition) is 3. The molecule has 5 heteroatoms. The second-order valence-electron chi connectivity index (χ2n) is 6.60. The normalized spacial score (nSPS) is 11.8. The molecule has 0 aliphatic carbocycles. The molecule has 0 aliphatic rings. The van der Waals surface area contributed by atoms with Crippen LogP contribution in [0.15, 0.2) is 84.9 Å². The van der Waals surface area contributed by atoms with Crippen LogP contribution in [0.2, 0.25) is 0 Å². The molecule has 0 saturated heterocycles. The number of benzene rings is 3. The predicted molar refractivity (Wildman–Crippen MR) is 113 cm³/mol. The van der Waals surface area contributed by atoms with Gasteiger partial charge in [0.1, 0.15) is 0 Å². The summed E-state index contributed by atoms with van der Waals surface area (Å²) in [4.78, 5) is 23.0. The van der Waals surface area contributed by atoms with E-state index in [9.17, 15) is 9.59 Å². The van der Waals surface area contributed by atoms with E-state index in [1.165, 1.54) is 13.0 Å². The molecule has 3 aromatic rings. The fraction of sp³-hybridized carbons (Fsp3) is 0.0833. The van der Waals surface area contributed by atoms with Crippen molar-refractivity contribution in [1.82, 2.24) is 10.8 Å². The van der Waals surface area contributed by atoms with Crippen molar-refractivity contribution < 1.29 is 14.8 Å². The molecular weight excluding hydrogens is 364 g/mol. The van der Waals surface area contributed by atoms with E-state index in [-0.39, 0.29) is 11.9 Å². The molecule has 3 aromatic carbocycles. The molecule has 0 saturated carbocycles. The summed E-state index contributed by atoms with van der Waals surface area (Å²) in [5.74, 6) is -0.743. The van der Waals surface area contributed by atoms with E-state index in [2.05, 4.69) is 17.4 Å². The third-order valence-electron chi connectivity index (χ3n) is 4.48. The Morgan fingerprint density at radius 2 is 1.55 bits per heavy atom. The van der Waals surface area contributed by atoms with Crippen LogP contribution in [-0.4, -0.2) is 17.0 Å². The molecule has 0 heterocycles. The quantitative estimate of drug-likeness (QED) is 0.339. The minimum Gasteiger partial charge on any atom is -0.345 e. The van der Waals surface area contributed by atoms with Crippen molar-refractivity contribution in [1.29, 1.82) is 0 Å². The first-order valence-electron chi connectivity index (χ1n) is 9.21. The average Bonchev–Trinajstić information content (AvgIpc) is 2.76. The summed E-state index contributed by atoms with van der Waals surface area (Å²) in [5, 5.41) is 11.6. The average molecular weight is 386 g/mol. The molecule has 5 nitrogen and oxygen atoms in total. The number of nitrogens with one attached hydrogen (secondary N) is 2. The lowest BCUT2D eigenvalue weighted by atomic mass is 9.95. The Hall–Kier alpha value is -3.70. The summed E-state index contributed by atoms with van der Waals surface area (Å²) in [6.45, 7) is 1.49. The number of carbonyl (C=O) groups is 2. The van der Waals surface area contributed by atoms with Crippen LogP contribution < -0.4 is 10.8 Å². The zero-order valence-electron chi connectivity index (χ0n) is 16.0. The van der Waals surface area contributed by atoms with E-state index in [0.29, 0.717) is 0 Å². The van der Waals surface area contributed by atoms with E-state index >= 15 is 0 Å². The second-order valence-corrected chi connectivity index (χ2v) is 6.60. The van der Waals surface area contributed by atoms with E-state index in [0.717, 1.165) is 27.8 Å². The third kappa shape index (κ3) is 5.40. The number of hydroxylamine groups is 1. The summed E-state index contributed by atoms with van der Waals surface area (Å²) in [7, 11) is 0. The zero-order valence-corrected chi connectivity index (χ0v) is 16.0. The van der Waals surface area contributed by atoms with Gasteiger partial charge < -0.3 is 5.32 Å². The lowest BCUT2D eigenvalue weighted by molar-refractivity contribution is -0.124. The van der Waals surface area contributed by atoms with Crippen molar-refractivity contribution >= 4 is 17.9 Å². The Balaban J connectivity index is 1.91. The van der Waals surface area contributed by atoms with Gasteiger partial charge >= 0.3 is 0 Å². The van der Waals surface area contributed by atoms with Crippen molar-refractivity contribution in [2.45, 2.75) is 13.0 Å². The van der Waals surface area contributed by atoms with Crippen LogP contribution in [0, 0.1) is 0 Å². The lowest BCUT2D eigenvalue weighted by Crippen LogP contribution is -2.26. The predicted octanol–water partition coefficient (Wildman–Crippen LogP) is 4.10. The van der Waals surface area contributed by atoms with Crippen molar-refractivity contribution in [3.8, 4) is 11.1 Å². The fourth-order valence-corrected chi connectivity index (χ4v) is 3.11. The number of rotatable bonds is 6. The van der Waals surface area contributed by atoms with Crippen LogP contribution >= 0.6 is 0 Å². The van der Waals surface area contributed by atoms with Crippen LogP contribution in [0.25, 0.3) is 17.2 Å². The summed E-state index contributed by atoms with van der Waals surface area (Å²) < 4.78 is 0. The maximum atomic E-state index is 11.8. The fourth-order valence-electron chi connectivity index (χ4n) is 3.11. The SMILES string of the molecule is CC(=O)NC(c1ccc(-c2ccccc2)cc1)c1cccc(/C=C/C(=O)NO)c1. The zero-order chi connectivity index (χ0) is 20.6. The summed E-state index contributed by atoms with van der Waals surface area (Å²) >= 11 is 0. The molecule has 0 spiro atoms. The van der Waals surface area contributed by atoms with Gasteiger partial charge in [-0.15, -0.1) is 0 Å². The maximum Gasteiger partial charge on any atom is 0.267 e. The highest BCUT2D eigenvalue weighted by Crippen LogP contribution is 2.26. The molecule has 0 fully saturated rings. The molecule has 0 radical (unpaired) electrons. The molecule has 1 atom stereocenters. The minimum atomic E-state index is -0.606. The van der Waals surface area contributed by atoms with E-state index in [4.69, 9.17) is 5.21 Å². The van der Waals surface area contributed by atoms with Gasteiger partial charge in [0.15, 0.2) is 0 Å². The Morgan fingerprint density at radius 3 is 2.21 bits per heavy atom. The van der Waals surface area contributed by atoms with Gasteiger partial charge in [-0.3, -0.25) is 14.8 Å². The molecule has 0 bridgehead atoms. The molecule has 0 aromatic heterocycles. The Kier molecular flexibility index (Phi) is 6.55. The number of amides is 2. The van der Waals surface area contributed by atoms with Crippen LogP contribution in [0.5, 0.6) is 0 Å². The highest BCUT2D eigenvalue weighted by atomic mass is 16.5. The van der Waals surface area contributed by atoms with Gasteiger partial charge in [0.25, 0.3) is 5.91 Å². The molecule has 3 N–H and O–H groups in total. The van der Waals surface area contributed by atoms with E-state index in [1.54, 1.807) is 11.6 Å². The van der Waals surface area contributed by atoms with Gasteiger partial charge in [-0.2, -0.15) is 0 Å². The number of hydrogen-bond acceptors (Lipinski definition) is 3. The monoisotopic (exact) mass is 386 g/mol. The van der Waals surface area contributed by atoms with Crippen molar-refractivity contribution in [2.24, 2.45) is 0 Å². The van der Waals surface area contributed by atoms with Gasteiger partial charge in [-0.1, -0.05) is 72.8 Å². The Morgan fingerprint density at radius 1 is 0.862 bits per heavy atom. The van der Waals surface area contributed by atoms with E-state index in [1.807, 2.05) is 66.7 Å². The molecule has 2 amide bonds. The standard InChI is InChI=1S/C24H22N2O3/c1-17(27)25-24(22-9-5-6-18(16-22)10-15-23(28)26-29)21-13-11-20(12-14-21)19-7-3-2-4-8-19/h2-16,24,29H,1H3,(H,25,27)(H,26,28)/b15-10+.